The number of anilines is 1. The first-order valence-corrected chi connectivity index (χ1v) is 5.94. The maximum absolute atomic E-state index is 11.8. The van der Waals surface area contributed by atoms with Gasteiger partial charge in [0.2, 0.25) is 11.2 Å². The largest absolute Gasteiger partial charge is 0.310 e. The van der Waals surface area contributed by atoms with Gasteiger partial charge in [0.25, 0.3) is 5.69 Å². The average Bonchev–Trinajstić information content (AvgIpc) is 2.38. The standard InChI is InChI=1S/C12H9ClN4O3/c13-12-14-5-4-10(16-12)15-11(18)7-8-2-1-3-9(6-8)17(19)20/h1-6H,7H2,(H,14,15,16,18). The smallest absolute Gasteiger partial charge is 0.269 e. The third-order valence-electron chi connectivity index (χ3n) is 2.38. The average molecular weight is 293 g/mol. The van der Waals surface area contributed by atoms with Gasteiger partial charge in [-0.05, 0) is 23.2 Å². The number of halogens is 1. The van der Waals surface area contributed by atoms with Crippen molar-refractivity contribution in [2.24, 2.45) is 0 Å². The van der Waals surface area contributed by atoms with Crippen LogP contribution in [0.1, 0.15) is 5.56 Å². The van der Waals surface area contributed by atoms with Crippen molar-refractivity contribution in [3.63, 3.8) is 0 Å². The normalized spacial score (nSPS) is 10.1. The maximum Gasteiger partial charge on any atom is 0.269 e. The van der Waals surface area contributed by atoms with Crippen molar-refractivity contribution in [1.82, 2.24) is 9.97 Å². The number of carbonyl (C=O) groups excluding carboxylic acids is 1. The lowest BCUT2D eigenvalue weighted by atomic mass is 10.1. The summed E-state index contributed by atoms with van der Waals surface area (Å²) in [5, 5.41) is 13.2. The summed E-state index contributed by atoms with van der Waals surface area (Å²) in [5.74, 6) is -0.0688. The molecule has 7 nitrogen and oxygen atoms in total. The van der Waals surface area contributed by atoms with Gasteiger partial charge in [0.05, 0.1) is 11.3 Å². The van der Waals surface area contributed by atoms with Crippen LogP contribution in [0.15, 0.2) is 36.5 Å². The highest BCUT2D eigenvalue weighted by Crippen LogP contribution is 2.14. The molecule has 0 fully saturated rings. The SMILES string of the molecule is O=C(Cc1cccc([N+](=O)[O-])c1)Nc1ccnc(Cl)n1. The van der Waals surface area contributed by atoms with Crippen molar-refractivity contribution in [2.75, 3.05) is 5.32 Å². The molecule has 0 aliphatic carbocycles. The summed E-state index contributed by atoms with van der Waals surface area (Å²) in [6.45, 7) is 0. The Morgan fingerprint density at radius 2 is 2.20 bits per heavy atom. The Labute approximate surface area is 118 Å². The molecule has 0 saturated heterocycles. The van der Waals surface area contributed by atoms with E-state index in [2.05, 4.69) is 15.3 Å². The molecule has 2 aromatic rings. The molecule has 20 heavy (non-hydrogen) atoms. The topological polar surface area (TPSA) is 98.0 Å². The first-order valence-electron chi connectivity index (χ1n) is 5.56. The summed E-state index contributed by atoms with van der Waals surface area (Å²) in [4.78, 5) is 29.4. The molecule has 2 rings (SSSR count). The number of nitrogens with one attached hydrogen (secondary N) is 1. The van der Waals surface area contributed by atoms with Crippen LogP contribution in [0, 0.1) is 10.1 Å². The summed E-state index contributed by atoms with van der Waals surface area (Å²) < 4.78 is 0. The fraction of sp³-hybridized carbons (Fsp3) is 0.0833. The van der Waals surface area contributed by atoms with Gasteiger partial charge >= 0.3 is 0 Å². The Balaban J connectivity index is 2.04. The molecule has 1 aromatic heterocycles. The number of benzene rings is 1. The Bertz CT molecular complexity index is 663. The van der Waals surface area contributed by atoms with Crippen molar-refractivity contribution in [3.8, 4) is 0 Å². The lowest BCUT2D eigenvalue weighted by Crippen LogP contribution is -2.15. The van der Waals surface area contributed by atoms with Crippen LogP contribution in [0.2, 0.25) is 5.28 Å². The van der Waals surface area contributed by atoms with E-state index in [9.17, 15) is 14.9 Å². The van der Waals surface area contributed by atoms with Gasteiger partial charge in [-0.25, -0.2) is 9.97 Å². The number of non-ortho nitro benzene ring substituents is 1. The van der Waals surface area contributed by atoms with Crippen molar-refractivity contribution >= 4 is 29.0 Å². The molecular formula is C12H9ClN4O3. The molecule has 0 saturated carbocycles. The van der Waals surface area contributed by atoms with Gasteiger partial charge in [0.15, 0.2) is 0 Å². The molecule has 0 unspecified atom stereocenters. The van der Waals surface area contributed by atoms with Crippen LogP contribution in [0.25, 0.3) is 0 Å². The lowest BCUT2D eigenvalue weighted by molar-refractivity contribution is -0.384. The van der Waals surface area contributed by atoms with Crippen molar-refractivity contribution in [3.05, 3.63) is 57.5 Å². The monoisotopic (exact) mass is 292 g/mol. The van der Waals surface area contributed by atoms with Crippen LogP contribution in [-0.4, -0.2) is 20.8 Å². The number of rotatable bonds is 4. The van der Waals surface area contributed by atoms with Gasteiger partial charge in [0.1, 0.15) is 5.82 Å². The van der Waals surface area contributed by atoms with Crippen molar-refractivity contribution < 1.29 is 9.72 Å². The summed E-state index contributed by atoms with van der Waals surface area (Å²) in [6.07, 6.45) is 1.42. The first-order chi connectivity index (χ1) is 9.54. The molecule has 0 aliphatic rings. The summed E-state index contributed by atoms with van der Waals surface area (Å²) in [5.41, 5.74) is 0.484. The molecule has 1 heterocycles. The van der Waals surface area contributed by atoms with E-state index in [0.717, 1.165) is 0 Å². The molecule has 8 heteroatoms. The van der Waals surface area contributed by atoms with E-state index in [1.54, 1.807) is 6.07 Å². The Hall–Kier alpha value is -2.54. The number of carbonyl (C=O) groups is 1. The molecule has 102 valence electrons. The van der Waals surface area contributed by atoms with Gasteiger partial charge in [0, 0.05) is 18.3 Å². The molecular weight excluding hydrogens is 284 g/mol. The number of nitrogens with zero attached hydrogens (tertiary/aromatic N) is 3. The Kier molecular flexibility index (Phi) is 4.21. The molecule has 0 bridgehead atoms. The van der Waals surface area contributed by atoms with Gasteiger partial charge in [-0.1, -0.05) is 12.1 Å². The molecule has 0 aliphatic heterocycles. The number of hydrogen-bond donors (Lipinski definition) is 1. The molecule has 1 N–H and O–H groups in total. The van der Waals surface area contributed by atoms with Gasteiger partial charge < -0.3 is 5.32 Å². The minimum Gasteiger partial charge on any atom is -0.310 e. The number of nitro benzene ring substituents is 1. The summed E-state index contributed by atoms with van der Waals surface area (Å²) in [6, 6.07) is 7.39. The van der Waals surface area contributed by atoms with E-state index in [-0.39, 0.29) is 29.1 Å². The third-order valence-corrected chi connectivity index (χ3v) is 2.56. The second-order valence-electron chi connectivity index (χ2n) is 3.86. The number of hydrogen-bond acceptors (Lipinski definition) is 5. The third kappa shape index (κ3) is 3.72. The van der Waals surface area contributed by atoms with E-state index >= 15 is 0 Å². The van der Waals surface area contributed by atoms with E-state index in [1.807, 2.05) is 0 Å². The van der Waals surface area contributed by atoms with Crippen LogP contribution in [0.3, 0.4) is 0 Å². The number of nitro groups is 1. The van der Waals surface area contributed by atoms with Crippen LogP contribution in [0.4, 0.5) is 11.5 Å². The van der Waals surface area contributed by atoms with Gasteiger partial charge in [-0.2, -0.15) is 0 Å². The number of amides is 1. The van der Waals surface area contributed by atoms with E-state index in [1.165, 1.54) is 30.5 Å². The minimum atomic E-state index is -0.508. The molecule has 0 radical (unpaired) electrons. The zero-order valence-corrected chi connectivity index (χ0v) is 10.9. The highest BCUT2D eigenvalue weighted by Gasteiger charge is 2.09. The minimum absolute atomic E-state index is 0.00328. The molecule has 0 spiro atoms. The molecule has 1 amide bonds. The predicted octanol–water partition coefficient (Wildman–Crippen LogP) is 2.22. The first kappa shape index (κ1) is 13.9. The highest BCUT2D eigenvalue weighted by molar-refractivity contribution is 6.28. The maximum atomic E-state index is 11.8. The fourth-order valence-electron chi connectivity index (χ4n) is 1.56. The zero-order valence-electron chi connectivity index (χ0n) is 10.1. The van der Waals surface area contributed by atoms with Gasteiger partial charge in [-0.3, -0.25) is 14.9 Å². The van der Waals surface area contributed by atoms with E-state index < -0.39 is 4.92 Å². The highest BCUT2D eigenvalue weighted by atomic mass is 35.5. The second-order valence-corrected chi connectivity index (χ2v) is 4.20. The molecule has 1 aromatic carbocycles. The predicted molar refractivity (Wildman–Crippen MR) is 72.5 cm³/mol. The second kappa shape index (κ2) is 6.07. The lowest BCUT2D eigenvalue weighted by Gasteiger charge is -2.04. The van der Waals surface area contributed by atoms with Crippen LogP contribution < -0.4 is 5.32 Å². The molecule has 0 atom stereocenters. The van der Waals surface area contributed by atoms with Crippen molar-refractivity contribution in [2.45, 2.75) is 6.42 Å². The quantitative estimate of drug-likeness (QED) is 0.529. The fourth-order valence-corrected chi connectivity index (χ4v) is 1.70. The zero-order chi connectivity index (χ0) is 14.5. The summed E-state index contributed by atoms with van der Waals surface area (Å²) in [7, 11) is 0. The van der Waals surface area contributed by atoms with Crippen LogP contribution in [0.5, 0.6) is 0 Å². The van der Waals surface area contributed by atoms with Crippen molar-refractivity contribution in [1.29, 1.82) is 0 Å². The van der Waals surface area contributed by atoms with Gasteiger partial charge in [-0.15, -0.1) is 0 Å². The summed E-state index contributed by atoms with van der Waals surface area (Å²) >= 11 is 5.60. The van der Waals surface area contributed by atoms with Crippen LogP contribution in [-0.2, 0) is 11.2 Å². The Morgan fingerprint density at radius 3 is 2.90 bits per heavy atom. The van der Waals surface area contributed by atoms with E-state index in [0.29, 0.717) is 5.56 Å². The number of aromatic nitrogens is 2. The van der Waals surface area contributed by atoms with E-state index in [4.69, 9.17) is 11.6 Å². The Morgan fingerprint density at radius 1 is 1.40 bits per heavy atom. The van der Waals surface area contributed by atoms with Crippen LogP contribution >= 0.6 is 11.6 Å².